The van der Waals surface area contributed by atoms with Crippen molar-refractivity contribution < 1.29 is 14.0 Å². The molecule has 26 heavy (non-hydrogen) atoms. The number of hydrogen-bond donors (Lipinski definition) is 2. The summed E-state index contributed by atoms with van der Waals surface area (Å²) >= 11 is 0. The fourth-order valence-corrected chi connectivity index (χ4v) is 2.97. The third-order valence-electron chi connectivity index (χ3n) is 4.41. The summed E-state index contributed by atoms with van der Waals surface area (Å²) < 4.78 is 13.9. The zero-order valence-corrected chi connectivity index (χ0v) is 14.5. The molecular formula is C19H21FN4O2. The van der Waals surface area contributed by atoms with Crippen LogP contribution in [0.5, 0.6) is 0 Å². The Bertz CT molecular complexity index is 832. The van der Waals surface area contributed by atoms with E-state index in [1.165, 1.54) is 11.0 Å². The van der Waals surface area contributed by atoms with Gasteiger partial charge >= 0.3 is 11.8 Å². The fraction of sp³-hybridized carbons (Fsp3) is 0.263. The van der Waals surface area contributed by atoms with Crippen molar-refractivity contribution in [3.05, 3.63) is 53.8 Å². The monoisotopic (exact) mass is 356 g/mol. The first-order valence-electron chi connectivity index (χ1n) is 8.41. The normalized spacial score (nSPS) is 14.2. The second-order valence-electron chi connectivity index (χ2n) is 6.28. The average molecular weight is 356 g/mol. The molecule has 1 aliphatic heterocycles. The number of hydrogen-bond acceptors (Lipinski definition) is 4. The summed E-state index contributed by atoms with van der Waals surface area (Å²) in [5, 5.41) is 2.56. The summed E-state index contributed by atoms with van der Waals surface area (Å²) in [6.45, 7) is 3.52. The summed E-state index contributed by atoms with van der Waals surface area (Å²) in [7, 11) is 0. The van der Waals surface area contributed by atoms with E-state index in [1.54, 1.807) is 30.3 Å². The highest BCUT2D eigenvalue weighted by atomic mass is 19.1. The van der Waals surface area contributed by atoms with Crippen LogP contribution >= 0.6 is 0 Å². The second kappa shape index (κ2) is 7.43. The van der Waals surface area contributed by atoms with Gasteiger partial charge in [0.25, 0.3) is 0 Å². The van der Waals surface area contributed by atoms with Gasteiger partial charge in [0.2, 0.25) is 0 Å². The van der Waals surface area contributed by atoms with Gasteiger partial charge < -0.3 is 20.9 Å². The lowest BCUT2D eigenvalue weighted by molar-refractivity contribution is -0.143. The van der Waals surface area contributed by atoms with Crippen LogP contribution < -0.4 is 16.0 Å². The number of amides is 2. The maximum Gasteiger partial charge on any atom is 0.313 e. The highest BCUT2D eigenvalue weighted by Gasteiger charge is 2.27. The number of para-hydroxylation sites is 1. The highest BCUT2D eigenvalue weighted by Crippen LogP contribution is 2.21. The molecule has 2 amide bonds. The molecule has 0 radical (unpaired) electrons. The lowest BCUT2D eigenvalue weighted by atomic mass is 10.2. The number of halogens is 1. The Morgan fingerprint density at radius 3 is 2.42 bits per heavy atom. The van der Waals surface area contributed by atoms with Crippen LogP contribution in [0.25, 0.3) is 0 Å². The van der Waals surface area contributed by atoms with Crippen LogP contribution in [0.15, 0.2) is 42.5 Å². The third-order valence-corrected chi connectivity index (χ3v) is 4.41. The van der Waals surface area contributed by atoms with E-state index in [1.807, 2.05) is 17.9 Å². The quantitative estimate of drug-likeness (QED) is 0.637. The molecule has 1 heterocycles. The molecule has 2 aromatic rings. The molecule has 2 aromatic carbocycles. The fourth-order valence-electron chi connectivity index (χ4n) is 2.97. The molecule has 1 aliphatic rings. The Kier molecular flexibility index (Phi) is 5.06. The Labute approximate surface area is 151 Å². The Balaban J connectivity index is 1.59. The lowest BCUT2D eigenvalue weighted by Crippen LogP contribution is -2.51. The summed E-state index contributed by atoms with van der Waals surface area (Å²) in [5.74, 6) is -1.63. The van der Waals surface area contributed by atoms with Crippen LogP contribution in [0.1, 0.15) is 5.56 Å². The molecule has 3 rings (SSSR count). The number of aryl methyl sites for hydroxylation is 1. The lowest BCUT2D eigenvalue weighted by Gasteiger charge is -2.35. The largest absolute Gasteiger partial charge is 0.397 e. The summed E-state index contributed by atoms with van der Waals surface area (Å²) in [5.41, 5.74) is 8.17. The number of nitrogen functional groups attached to an aromatic ring is 1. The molecule has 0 atom stereocenters. The Morgan fingerprint density at radius 1 is 1.08 bits per heavy atom. The van der Waals surface area contributed by atoms with E-state index >= 15 is 0 Å². The maximum atomic E-state index is 13.9. The second-order valence-corrected chi connectivity index (χ2v) is 6.28. The van der Waals surface area contributed by atoms with E-state index in [2.05, 4.69) is 5.32 Å². The SMILES string of the molecule is Cc1ccc(NC(=O)C(=O)N2CCN(c3ccccc3F)CC2)c(N)c1. The molecule has 0 saturated carbocycles. The first-order valence-corrected chi connectivity index (χ1v) is 8.41. The zero-order chi connectivity index (χ0) is 18.7. The molecule has 6 nitrogen and oxygen atoms in total. The molecule has 0 bridgehead atoms. The van der Waals surface area contributed by atoms with E-state index in [4.69, 9.17) is 5.73 Å². The molecule has 3 N–H and O–H groups in total. The van der Waals surface area contributed by atoms with Crippen molar-refractivity contribution in [1.82, 2.24) is 4.90 Å². The van der Waals surface area contributed by atoms with Crippen molar-refractivity contribution in [2.45, 2.75) is 6.92 Å². The van der Waals surface area contributed by atoms with Gasteiger partial charge in [0.05, 0.1) is 17.1 Å². The van der Waals surface area contributed by atoms with Crippen LogP contribution in [0.2, 0.25) is 0 Å². The van der Waals surface area contributed by atoms with Crippen LogP contribution in [-0.2, 0) is 9.59 Å². The summed E-state index contributed by atoms with van der Waals surface area (Å²) in [6.07, 6.45) is 0. The van der Waals surface area contributed by atoms with E-state index in [-0.39, 0.29) is 5.82 Å². The number of rotatable bonds is 2. The van der Waals surface area contributed by atoms with Crippen molar-refractivity contribution in [2.24, 2.45) is 0 Å². The predicted octanol–water partition coefficient (Wildman–Crippen LogP) is 2.00. The van der Waals surface area contributed by atoms with Crippen LogP contribution in [0.3, 0.4) is 0 Å². The highest BCUT2D eigenvalue weighted by molar-refractivity contribution is 6.39. The van der Waals surface area contributed by atoms with Crippen LogP contribution in [-0.4, -0.2) is 42.9 Å². The van der Waals surface area contributed by atoms with Crippen molar-refractivity contribution in [3.63, 3.8) is 0 Å². The number of carbonyl (C=O) groups excluding carboxylic acids is 2. The van der Waals surface area contributed by atoms with Crippen molar-refractivity contribution in [1.29, 1.82) is 0 Å². The van der Waals surface area contributed by atoms with Crippen molar-refractivity contribution in [2.75, 3.05) is 42.1 Å². The van der Waals surface area contributed by atoms with Gasteiger partial charge in [-0.1, -0.05) is 18.2 Å². The van der Waals surface area contributed by atoms with Crippen LogP contribution in [0, 0.1) is 12.7 Å². The van der Waals surface area contributed by atoms with Gasteiger partial charge in [-0.3, -0.25) is 9.59 Å². The summed E-state index contributed by atoms with van der Waals surface area (Å²) in [4.78, 5) is 27.9. The van der Waals surface area contributed by atoms with E-state index < -0.39 is 11.8 Å². The minimum atomic E-state index is -0.722. The smallest absolute Gasteiger partial charge is 0.313 e. The molecule has 136 valence electrons. The number of nitrogens with one attached hydrogen (secondary N) is 1. The van der Waals surface area contributed by atoms with Crippen LogP contribution in [0.4, 0.5) is 21.5 Å². The molecule has 0 aliphatic carbocycles. The molecule has 7 heteroatoms. The minimum Gasteiger partial charge on any atom is -0.397 e. The van der Waals surface area contributed by atoms with Gasteiger partial charge in [0, 0.05) is 26.2 Å². The molecule has 0 aromatic heterocycles. The van der Waals surface area contributed by atoms with E-state index in [0.717, 1.165) is 5.56 Å². The molecule has 1 saturated heterocycles. The maximum absolute atomic E-state index is 13.9. The van der Waals surface area contributed by atoms with Gasteiger partial charge in [-0.25, -0.2) is 4.39 Å². The Morgan fingerprint density at radius 2 is 1.77 bits per heavy atom. The number of carbonyl (C=O) groups is 2. The van der Waals surface area contributed by atoms with Gasteiger partial charge in [0.1, 0.15) is 5.82 Å². The van der Waals surface area contributed by atoms with Gasteiger partial charge in [-0.15, -0.1) is 0 Å². The third kappa shape index (κ3) is 3.77. The first-order chi connectivity index (χ1) is 12.5. The van der Waals surface area contributed by atoms with Crippen molar-refractivity contribution in [3.8, 4) is 0 Å². The number of piperazine rings is 1. The van der Waals surface area contributed by atoms with E-state index in [9.17, 15) is 14.0 Å². The molecular weight excluding hydrogens is 335 g/mol. The summed E-state index contributed by atoms with van der Waals surface area (Å²) in [6, 6.07) is 11.7. The topological polar surface area (TPSA) is 78.7 Å². The number of nitrogens with two attached hydrogens (primary N) is 1. The average Bonchev–Trinajstić information content (AvgIpc) is 2.64. The molecule has 0 unspecified atom stereocenters. The number of anilines is 3. The number of nitrogens with zero attached hydrogens (tertiary/aromatic N) is 2. The van der Waals surface area contributed by atoms with Gasteiger partial charge in [-0.05, 0) is 36.8 Å². The molecule has 1 fully saturated rings. The predicted molar refractivity (Wildman–Crippen MR) is 99.4 cm³/mol. The van der Waals surface area contributed by atoms with Gasteiger partial charge in [-0.2, -0.15) is 0 Å². The Hall–Kier alpha value is -3.09. The molecule has 0 spiro atoms. The van der Waals surface area contributed by atoms with Gasteiger partial charge in [0.15, 0.2) is 0 Å². The minimum absolute atomic E-state index is 0.292. The number of benzene rings is 2. The zero-order valence-electron chi connectivity index (χ0n) is 14.5. The van der Waals surface area contributed by atoms with Crippen molar-refractivity contribution >= 4 is 28.9 Å². The first kappa shape index (κ1) is 17.7. The van der Waals surface area contributed by atoms with E-state index in [0.29, 0.717) is 43.2 Å². The standard InChI is InChI=1S/C19H21FN4O2/c1-13-6-7-16(15(21)12-13)22-18(25)19(26)24-10-8-23(9-11-24)17-5-3-2-4-14(17)20/h2-7,12H,8-11,21H2,1H3,(H,22,25).